The molecule has 0 bridgehead atoms. The third kappa shape index (κ3) is 4.79. The predicted octanol–water partition coefficient (Wildman–Crippen LogP) is 4.05. The van der Waals surface area contributed by atoms with E-state index in [1.54, 1.807) is 4.90 Å². The van der Waals surface area contributed by atoms with Gasteiger partial charge in [-0.1, -0.05) is 12.1 Å². The van der Waals surface area contributed by atoms with E-state index in [4.69, 9.17) is 4.74 Å². The monoisotopic (exact) mass is 380 g/mol. The molecule has 1 aromatic heterocycles. The maximum Gasteiger partial charge on any atom is 0.410 e. The summed E-state index contributed by atoms with van der Waals surface area (Å²) in [7, 11) is -1.13. The molecular formula is C18H24N2O3S2. The maximum absolute atomic E-state index is 12.7. The average Bonchev–Trinajstić information content (AvgIpc) is 2.98. The summed E-state index contributed by atoms with van der Waals surface area (Å²) >= 11 is 1.49. The van der Waals surface area contributed by atoms with Crippen molar-refractivity contribution in [2.75, 3.05) is 18.8 Å². The first-order valence-electron chi connectivity index (χ1n) is 8.54. The van der Waals surface area contributed by atoms with E-state index in [1.807, 2.05) is 45.0 Å². The summed E-state index contributed by atoms with van der Waals surface area (Å²) in [5, 5.41) is 0. The van der Waals surface area contributed by atoms with Crippen LogP contribution in [0.3, 0.4) is 0 Å². The SMILES string of the molecule is CC(C)(C)OC(=O)N1CCCC(CS(=O)c2nc3ccccc3s2)C1. The quantitative estimate of drug-likeness (QED) is 0.806. The molecule has 2 unspecified atom stereocenters. The van der Waals surface area contributed by atoms with Crippen molar-refractivity contribution >= 4 is 38.4 Å². The van der Waals surface area contributed by atoms with Crippen LogP contribution in [0.15, 0.2) is 28.6 Å². The summed E-state index contributed by atoms with van der Waals surface area (Å²) in [5.41, 5.74) is 0.406. The summed E-state index contributed by atoms with van der Waals surface area (Å²) in [5.74, 6) is 0.758. The van der Waals surface area contributed by atoms with Gasteiger partial charge in [-0.15, -0.1) is 11.3 Å². The lowest BCUT2D eigenvalue weighted by molar-refractivity contribution is 0.0176. The molecule has 1 aliphatic rings. The zero-order chi connectivity index (χ0) is 18.0. The van der Waals surface area contributed by atoms with E-state index < -0.39 is 16.4 Å². The van der Waals surface area contributed by atoms with Gasteiger partial charge in [0.2, 0.25) is 0 Å². The molecule has 2 aromatic rings. The lowest BCUT2D eigenvalue weighted by Crippen LogP contribution is -2.43. The van der Waals surface area contributed by atoms with Crippen LogP contribution in [0, 0.1) is 5.92 Å². The standard InChI is InChI=1S/C18H24N2O3S2/c1-18(2,3)23-17(21)20-10-6-7-13(11-20)12-25(22)16-19-14-8-4-5-9-15(14)24-16/h4-5,8-9,13H,6-7,10-12H2,1-3H3. The number of para-hydroxylation sites is 1. The van der Waals surface area contributed by atoms with Crippen molar-refractivity contribution in [3.05, 3.63) is 24.3 Å². The molecule has 0 aliphatic carbocycles. The molecule has 1 amide bonds. The molecule has 0 N–H and O–H groups in total. The zero-order valence-corrected chi connectivity index (χ0v) is 16.5. The Morgan fingerprint density at radius 2 is 2.16 bits per heavy atom. The minimum absolute atomic E-state index is 0.217. The number of fused-ring (bicyclic) bond motifs is 1. The van der Waals surface area contributed by atoms with E-state index in [2.05, 4.69) is 4.98 Å². The molecule has 0 spiro atoms. The number of hydrogen-bond acceptors (Lipinski definition) is 5. The lowest BCUT2D eigenvalue weighted by Gasteiger charge is -2.33. The molecule has 5 nitrogen and oxygen atoms in total. The Labute approximate surface area is 154 Å². The van der Waals surface area contributed by atoms with E-state index in [0.717, 1.165) is 23.1 Å². The Hall–Kier alpha value is -1.47. The third-order valence-electron chi connectivity index (χ3n) is 4.03. The number of carbonyl (C=O) groups is 1. The zero-order valence-electron chi connectivity index (χ0n) is 14.9. The molecule has 0 saturated carbocycles. The average molecular weight is 381 g/mol. The van der Waals surface area contributed by atoms with Gasteiger partial charge >= 0.3 is 6.09 Å². The van der Waals surface area contributed by atoms with Crippen LogP contribution >= 0.6 is 11.3 Å². The van der Waals surface area contributed by atoms with E-state index in [0.29, 0.717) is 23.2 Å². The Morgan fingerprint density at radius 1 is 1.40 bits per heavy atom. The van der Waals surface area contributed by atoms with Crippen molar-refractivity contribution in [2.45, 2.75) is 43.6 Å². The van der Waals surface area contributed by atoms with Gasteiger partial charge in [0.15, 0.2) is 4.34 Å². The molecule has 7 heteroatoms. The number of likely N-dealkylation sites (tertiary alicyclic amines) is 1. The van der Waals surface area contributed by atoms with Gasteiger partial charge in [-0.05, 0) is 51.7 Å². The topological polar surface area (TPSA) is 59.5 Å². The van der Waals surface area contributed by atoms with E-state index in [-0.39, 0.29) is 12.0 Å². The number of benzene rings is 1. The fraction of sp³-hybridized carbons (Fsp3) is 0.556. The van der Waals surface area contributed by atoms with Crippen LogP contribution in [-0.4, -0.2) is 44.6 Å². The third-order valence-corrected chi connectivity index (χ3v) is 6.92. The van der Waals surface area contributed by atoms with Crippen LogP contribution in [0.25, 0.3) is 10.2 Å². The van der Waals surface area contributed by atoms with E-state index in [9.17, 15) is 9.00 Å². The summed E-state index contributed by atoms with van der Waals surface area (Å²) in [4.78, 5) is 18.5. The van der Waals surface area contributed by atoms with Crippen molar-refractivity contribution in [1.29, 1.82) is 0 Å². The molecule has 136 valence electrons. The van der Waals surface area contributed by atoms with Gasteiger partial charge in [0.05, 0.1) is 21.0 Å². The smallest absolute Gasteiger partial charge is 0.410 e. The largest absolute Gasteiger partial charge is 0.444 e. The second-order valence-corrected chi connectivity index (χ2v) is 10.1. The Kier molecular flexibility index (Phi) is 5.43. The highest BCUT2D eigenvalue weighted by Crippen LogP contribution is 2.27. The molecular weight excluding hydrogens is 356 g/mol. The molecule has 1 aromatic carbocycles. The van der Waals surface area contributed by atoms with Gasteiger partial charge in [0, 0.05) is 18.8 Å². The van der Waals surface area contributed by atoms with Crippen molar-refractivity contribution in [3.63, 3.8) is 0 Å². The highest BCUT2D eigenvalue weighted by molar-refractivity contribution is 7.87. The molecule has 0 radical (unpaired) electrons. The summed E-state index contributed by atoms with van der Waals surface area (Å²) in [6.45, 7) is 6.92. The van der Waals surface area contributed by atoms with Crippen molar-refractivity contribution in [2.24, 2.45) is 5.92 Å². The van der Waals surface area contributed by atoms with Crippen LogP contribution in [0.2, 0.25) is 0 Å². The van der Waals surface area contributed by atoms with Gasteiger partial charge in [-0.3, -0.25) is 4.21 Å². The number of amides is 1. The minimum atomic E-state index is -1.13. The van der Waals surface area contributed by atoms with Gasteiger partial charge in [0.1, 0.15) is 5.60 Å². The molecule has 1 fully saturated rings. The van der Waals surface area contributed by atoms with Gasteiger partial charge < -0.3 is 9.64 Å². The first-order chi connectivity index (χ1) is 11.8. The number of thiazole rings is 1. The second kappa shape index (κ2) is 7.41. The number of hydrogen-bond donors (Lipinski definition) is 0. The number of piperidine rings is 1. The minimum Gasteiger partial charge on any atom is -0.444 e. The fourth-order valence-corrected chi connectivity index (χ4v) is 5.51. The summed E-state index contributed by atoms with van der Waals surface area (Å²) < 4.78 is 19.9. The number of aromatic nitrogens is 1. The van der Waals surface area contributed by atoms with Crippen LogP contribution in [-0.2, 0) is 15.5 Å². The highest BCUT2D eigenvalue weighted by atomic mass is 32.2. The second-order valence-electron chi connectivity index (χ2n) is 7.39. The highest BCUT2D eigenvalue weighted by Gasteiger charge is 2.29. The first-order valence-corrected chi connectivity index (χ1v) is 10.7. The van der Waals surface area contributed by atoms with Crippen LogP contribution in [0.4, 0.5) is 4.79 Å². The van der Waals surface area contributed by atoms with Gasteiger partial charge in [0.25, 0.3) is 0 Å². The normalized spacial score (nSPS) is 19.8. The Bertz CT molecular complexity index is 749. The van der Waals surface area contributed by atoms with Crippen molar-refractivity contribution < 1.29 is 13.7 Å². The summed E-state index contributed by atoms with van der Waals surface area (Å²) in [6, 6.07) is 7.84. The van der Waals surface area contributed by atoms with Crippen molar-refractivity contribution in [1.82, 2.24) is 9.88 Å². The molecule has 1 saturated heterocycles. The molecule has 25 heavy (non-hydrogen) atoms. The first kappa shape index (κ1) is 18.3. The number of nitrogens with zero attached hydrogens (tertiary/aromatic N) is 2. The van der Waals surface area contributed by atoms with E-state index in [1.165, 1.54) is 11.3 Å². The van der Waals surface area contributed by atoms with Crippen LogP contribution in [0.5, 0.6) is 0 Å². The number of carbonyl (C=O) groups excluding carboxylic acids is 1. The molecule has 1 aliphatic heterocycles. The Balaban J connectivity index is 1.62. The van der Waals surface area contributed by atoms with E-state index >= 15 is 0 Å². The fourth-order valence-electron chi connectivity index (χ4n) is 2.93. The summed E-state index contributed by atoms with van der Waals surface area (Å²) in [6.07, 6.45) is 1.62. The van der Waals surface area contributed by atoms with Crippen molar-refractivity contribution in [3.8, 4) is 0 Å². The predicted molar refractivity (Wildman–Crippen MR) is 101 cm³/mol. The maximum atomic E-state index is 12.7. The molecule has 2 heterocycles. The van der Waals surface area contributed by atoms with Crippen LogP contribution in [0.1, 0.15) is 33.6 Å². The van der Waals surface area contributed by atoms with Gasteiger partial charge in [-0.25, -0.2) is 9.78 Å². The number of rotatable bonds is 3. The molecule has 3 rings (SSSR count). The Morgan fingerprint density at radius 3 is 2.88 bits per heavy atom. The van der Waals surface area contributed by atoms with Crippen LogP contribution < -0.4 is 0 Å². The van der Waals surface area contributed by atoms with Gasteiger partial charge in [-0.2, -0.15) is 0 Å². The number of ether oxygens (including phenoxy) is 1. The molecule has 2 atom stereocenters. The lowest BCUT2D eigenvalue weighted by atomic mass is 10.0.